The van der Waals surface area contributed by atoms with Crippen molar-refractivity contribution in [2.75, 3.05) is 13.2 Å². The molecule has 0 radical (unpaired) electrons. The van der Waals surface area contributed by atoms with E-state index in [1.807, 2.05) is 27.7 Å². The van der Waals surface area contributed by atoms with Gasteiger partial charge in [0.15, 0.2) is 0 Å². The van der Waals surface area contributed by atoms with Gasteiger partial charge in [-0.25, -0.2) is 0 Å². The predicted molar refractivity (Wildman–Crippen MR) is 66.4 cm³/mol. The minimum absolute atomic E-state index is 0.0589. The van der Waals surface area contributed by atoms with Gasteiger partial charge in [-0.1, -0.05) is 27.7 Å². The van der Waals surface area contributed by atoms with Crippen LogP contribution in [0.5, 0.6) is 0 Å². The summed E-state index contributed by atoms with van der Waals surface area (Å²) in [7, 11) is 0. The smallest absolute Gasteiger partial charge is 0.225 e. The average Bonchev–Trinajstić information content (AvgIpc) is 2.24. The molecule has 0 aliphatic rings. The fourth-order valence-electron chi connectivity index (χ4n) is 1.13. The minimum atomic E-state index is -0.437. The second kappa shape index (κ2) is 7.27. The summed E-state index contributed by atoms with van der Waals surface area (Å²) in [4.78, 5) is 22.9. The molecule has 5 nitrogen and oxygen atoms in total. The van der Waals surface area contributed by atoms with Crippen molar-refractivity contribution in [3.63, 3.8) is 0 Å². The Labute approximate surface area is 103 Å². The van der Waals surface area contributed by atoms with Gasteiger partial charge in [-0.3, -0.25) is 9.59 Å². The van der Waals surface area contributed by atoms with E-state index in [4.69, 9.17) is 5.11 Å². The van der Waals surface area contributed by atoms with Crippen molar-refractivity contribution < 1.29 is 14.7 Å². The largest absolute Gasteiger partial charge is 0.394 e. The highest BCUT2D eigenvalue weighted by Gasteiger charge is 2.20. The van der Waals surface area contributed by atoms with Crippen LogP contribution in [-0.2, 0) is 9.59 Å². The maximum atomic E-state index is 11.5. The number of rotatable bonds is 6. The Morgan fingerprint density at radius 3 is 2.29 bits per heavy atom. The number of hydrogen-bond acceptors (Lipinski definition) is 3. The van der Waals surface area contributed by atoms with E-state index in [0.29, 0.717) is 13.0 Å². The highest BCUT2D eigenvalue weighted by atomic mass is 16.3. The Morgan fingerprint density at radius 1 is 1.29 bits per heavy atom. The monoisotopic (exact) mass is 244 g/mol. The Bertz CT molecular complexity index is 255. The van der Waals surface area contributed by atoms with E-state index in [-0.39, 0.29) is 30.9 Å². The topological polar surface area (TPSA) is 78.4 Å². The summed E-state index contributed by atoms with van der Waals surface area (Å²) < 4.78 is 0. The Hall–Kier alpha value is -1.10. The van der Waals surface area contributed by atoms with Gasteiger partial charge in [0.05, 0.1) is 12.6 Å². The number of hydrogen-bond donors (Lipinski definition) is 3. The molecule has 0 saturated heterocycles. The Kier molecular flexibility index (Phi) is 6.80. The summed E-state index contributed by atoms with van der Waals surface area (Å²) in [5.41, 5.74) is -0.437. The Balaban J connectivity index is 3.83. The number of carbonyl (C=O) groups is 2. The Morgan fingerprint density at radius 2 is 1.88 bits per heavy atom. The maximum absolute atomic E-state index is 11.5. The van der Waals surface area contributed by atoms with E-state index in [2.05, 4.69) is 10.6 Å². The molecule has 17 heavy (non-hydrogen) atoms. The van der Waals surface area contributed by atoms with Crippen LogP contribution in [0.4, 0.5) is 0 Å². The number of nitrogens with one attached hydrogen (secondary N) is 2. The molecule has 1 atom stereocenters. The number of amides is 2. The third-order valence-corrected chi connectivity index (χ3v) is 2.40. The van der Waals surface area contributed by atoms with Crippen molar-refractivity contribution >= 4 is 11.8 Å². The van der Waals surface area contributed by atoms with E-state index in [9.17, 15) is 9.59 Å². The van der Waals surface area contributed by atoms with E-state index in [1.165, 1.54) is 0 Å². The van der Waals surface area contributed by atoms with Gasteiger partial charge in [0.1, 0.15) is 0 Å². The van der Waals surface area contributed by atoms with Crippen LogP contribution < -0.4 is 10.6 Å². The summed E-state index contributed by atoms with van der Waals surface area (Å²) in [5.74, 6) is -0.223. The molecule has 0 spiro atoms. The zero-order chi connectivity index (χ0) is 13.5. The second-order valence-corrected chi connectivity index (χ2v) is 5.11. The summed E-state index contributed by atoms with van der Waals surface area (Å²) in [6.45, 7) is 7.62. The van der Waals surface area contributed by atoms with Crippen molar-refractivity contribution in [1.82, 2.24) is 10.6 Å². The van der Waals surface area contributed by atoms with Crippen LogP contribution >= 0.6 is 0 Å². The molecule has 0 rings (SSSR count). The quantitative estimate of drug-likeness (QED) is 0.634. The summed E-state index contributed by atoms with van der Waals surface area (Å²) in [5, 5.41) is 14.3. The molecular weight excluding hydrogens is 220 g/mol. The molecule has 0 aromatic carbocycles. The van der Waals surface area contributed by atoms with Crippen LogP contribution in [0.3, 0.4) is 0 Å². The zero-order valence-electron chi connectivity index (χ0n) is 11.2. The molecule has 3 N–H and O–H groups in total. The van der Waals surface area contributed by atoms with Crippen LogP contribution in [0.25, 0.3) is 0 Å². The highest BCUT2D eigenvalue weighted by Crippen LogP contribution is 2.11. The van der Waals surface area contributed by atoms with Crippen molar-refractivity contribution in [3.8, 4) is 0 Å². The summed E-state index contributed by atoms with van der Waals surface area (Å²) in [6.07, 6.45) is 0.926. The summed E-state index contributed by atoms with van der Waals surface area (Å²) in [6, 6.07) is -0.194. The van der Waals surface area contributed by atoms with Crippen LogP contribution in [0, 0.1) is 5.41 Å². The third kappa shape index (κ3) is 6.94. The molecule has 0 heterocycles. The van der Waals surface area contributed by atoms with Gasteiger partial charge in [0.2, 0.25) is 11.8 Å². The van der Waals surface area contributed by atoms with Gasteiger partial charge >= 0.3 is 0 Å². The average molecular weight is 244 g/mol. The van der Waals surface area contributed by atoms with Crippen LogP contribution in [0.2, 0.25) is 0 Å². The molecule has 5 heteroatoms. The lowest BCUT2D eigenvalue weighted by Crippen LogP contribution is -2.40. The lowest BCUT2D eigenvalue weighted by molar-refractivity contribution is -0.128. The van der Waals surface area contributed by atoms with Crippen LogP contribution in [0.15, 0.2) is 0 Å². The fourth-order valence-corrected chi connectivity index (χ4v) is 1.13. The second-order valence-electron chi connectivity index (χ2n) is 5.11. The normalized spacial score (nSPS) is 13.0. The molecule has 0 bridgehead atoms. The van der Waals surface area contributed by atoms with Crippen molar-refractivity contribution in [3.05, 3.63) is 0 Å². The van der Waals surface area contributed by atoms with E-state index in [1.54, 1.807) is 0 Å². The lowest BCUT2D eigenvalue weighted by Gasteiger charge is -2.18. The first kappa shape index (κ1) is 15.9. The van der Waals surface area contributed by atoms with Crippen molar-refractivity contribution in [2.24, 2.45) is 5.41 Å². The number of carbonyl (C=O) groups excluding carboxylic acids is 2. The van der Waals surface area contributed by atoms with Crippen molar-refractivity contribution in [1.29, 1.82) is 0 Å². The molecule has 0 aromatic rings. The van der Waals surface area contributed by atoms with Gasteiger partial charge < -0.3 is 15.7 Å². The molecule has 0 aliphatic carbocycles. The molecule has 0 aromatic heterocycles. The van der Waals surface area contributed by atoms with Crippen molar-refractivity contribution in [2.45, 2.75) is 46.6 Å². The van der Waals surface area contributed by atoms with E-state index < -0.39 is 5.41 Å². The highest BCUT2D eigenvalue weighted by molar-refractivity contribution is 5.82. The van der Waals surface area contributed by atoms with E-state index in [0.717, 1.165) is 0 Å². The van der Waals surface area contributed by atoms with E-state index >= 15 is 0 Å². The first-order valence-corrected chi connectivity index (χ1v) is 5.99. The van der Waals surface area contributed by atoms with Gasteiger partial charge in [0.25, 0.3) is 0 Å². The van der Waals surface area contributed by atoms with Gasteiger partial charge in [0, 0.05) is 18.4 Å². The molecule has 0 aliphatic heterocycles. The van der Waals surface area contributed by atoms with Crippen LogP contribution in [-0.4, -0.2) is 36.1 Å². The first-order valence-electron chi connectivity index (χ1n) is 5.99. The molecular formula is C12H24N2O3. The van der Waals surface area contributed by atoms with Gasteiger partial charge in [-0.05, 0) is 6.42 Å². The molecule has 0 unspecified atom stereocenters. The SMILES string of the molecule is CC[C@H](CO)NC(=O)CCNC(=O)C(C)(C)C. The first-order chi connectivity index (χ1) is 7.81. The zero-order valence-corrected chi connectivity index (χ0v) is 11.2. The summed E-state index contributed by atoms with van der Waals surface area (Å²) >= 11 is 0. The molecule has 2 amide bonds. The maximum Gasteiger partial charge on any atom is 0.225 e. The van der Waals surface area contributed by atoms with Gasteiger partial charge in [-0.15, -0.1) is 0 Å². The van der Waals surface area contributed by atoms with Crippen LogP contribution in [0.1, 0.15) is 40.5 Å². The third-order valence-electron chi connectivity index (χ3n) is 2.40. The minimum Gasteiger partial charge on any atom is -0.394 e. The van der Waals surface area contributed by atoms with Gasteiger partial charge in [-0.2, -0.15) is 0 Å². The standard InChI is InChI=1S/C12H24N2O3/c1-5-9(8-15)14-10(16)6-7-13-11(17)12(2,3)4/h9,15H,5-8H2,1-4H3,(H,13,17)(H,14,16)/t9-/m1/s1. The molecule has 0 saturated carbocycles. The predicted octanol–water partition coefficient (Wildman–Crippen LogP) is 0.426. The molecule has 100 valence electrons. The number of aliphatic hydroxyl groups excluding tert-OH is 1. The fraction of sp³-hybridized carbons (Fsp3) is 0.833. The lowest BCUT2D eigenvalue weighted by atomic mass is 9.96. The molecule has 0 fully saturated rings. The number of aliphatic hydroxyl groups is 1.